The van der Waals surface area contributed by atoms with E-state index in [1.165, 1.54) is 0 Å². The van der Waals surface area contributed by atoms with Crippen LogP contribution in [0.4, 0.5) is 0 Å². The van der Waals surface area contributed by atoms with Gasteiger partial charge in [0.05, 0.1) is 31.0 Å². The molecule has 4 saturated carbocycles. The summed E-state index contributed by atoms with van der Waals surface area (Å²) in [5.41, 5.74) is -0.142. The maximum atomic E-state index is 12.6. The zero-order valence-electron chi connectivity index (χ0n) is 33.8. The second kappa shape index (κ2) is 16.6. The van der Waals surface area contributed by atoms with Gasteiger partial charge in [0, 0.05) is 11.5 Å². The highest BCUT2D eigenvalue weighted by Gasteiger charge is 2.68. The van der Waals surface area contributed by atoms with Gasteiger partial charge in [-0.15, -0.1) is 0 Å². The van der Waals surface area contributed by atoms with E-state index >= 15 is 0 Å². The van der Waals surface area contributed by atoms with E-state index < -0.39 is 111 Å². The fraction of sp³-hybridized carbons (Fsp3) is 0.927. The van der Waals surface area contributed by atoms with Crippen LogP contribution < -0.4 is 0 Å². The largest absolute Gasteiger partial charge is 0.458 e. The van der Waals surface area contributed by atoms with Crippen molar-refractivity contribution in [3.63, 3.8) is 0 Å². The molecule has 0 radical (unpaired) electrons. The third-order valence-corrected chi connectivity index (χ3v) is 16.3. The molecule has 0 spiro atoms. The van der Waals surface area contributed by atoms with Crippen LogP contribution in [-0.2, 0) is 38.0 Å². The van der Waals surface area contributed by atoms with Crippen molar-refractivity contribution in [3.8, 4) is 0 Å². The number of rotatable bonds is 9. The molecule has 336 valence electrons. The Balaban J connectivity index is 0.861. The van der Waals surface area contributed by atoms with Crippen molar-refractivity contribution >= 4 is 5.97 Å². The Bertz CT molecular complexity index is 1550. The van der Waals surface area contributed by atoms with Gasteiger partial charge in [-0.25, -0.2) is 4.79 Å². The van der Waals surface area contributed by atoms with Crippen molar-refractivity contribution in [1.82, 2.24) is 0 Å². The lowest BCUT2D eigenvalue weighted by Gasteiger charge is -2.64. The molecule has 0 aromatic rings. The second-order valence-corrected chi connectivity index (χ2v) is 19.2. The van der Waals surface area contributed by atoms with Gasteiger partial charge in [0.25, 0.3) is 0 Å². The average Bonchev–Trinajstić information content (AvgIpc) is 3.76. The monoisotopic (exact) mass is 844 g/mol. The van der Waals surface area contributed by atoms with Crippen LogP contribution in [-0.4, -0.2) is 181 Å². The summed E-state index contributed by atoms with van der Waals surface area (Å²) in [6, 6.07) is 0. The first-order valence-electron chi connectivity index (χ1n) is 21.5. The van der Waals surface area contributed by atoms with E-state index in [9.17, 15) is 55.9 Å². The Morgan fingerprint density at radius 3 is 2.07 bits per heavy atom. The van der Waals surface area contributed by atoms with Crippen LogP contribution in [0.1, 0.15) is 78.6 Å². The Morgan fingerprint density at radius 1 is 0.712 bits per heavy atom. The van der Waals surface area contributed by atoms with Crippen molar-refractivity contribution in [2.75, 3.05) is 19.8 Å². The molecule has 23 atom stereocenters. The van der Waals surface area contributed by atoms with Gasteiger partial charge >= 0.3 is 5.97 Å². The number of aliphatic hydroxyl groups excluding tert-OH is 9. The van der Waals surface area contributed by atoms with Crippen LogP contribution in [0.25, 0.3) is 0 Å². The Morgan fingerprint density at radius 2 is 1.37 bits per heavy atom. The minimum absolute atomic E-state index is 0.0158. The molecule has 4 aliphatic carbocycles. The third kappa shape index (κ3) is 7.43. The first kappa shape index (κ1) is 44.2. The van der Waals surface area contributed by atoms with Crippen molar-refractivity contribution in [2.24, 2.45) is 34.5 Å². The molecule has 59 heavy (non-hydrogen) atoms. The summed E-state index contributed by atoms with van der Waals surface area (Å²) in [5.74, 6) is 0.641. The fourth-order valence-electron chi connectivity index (χ4n) is 12.7. The van der Waals surface area contributed by atoms with Gasteiger partial charge < -0.3 is 84.2 Å². The zero-order valence-corrected chi connectivity index (χ0v) is 33.8. The molecule has 8 rings (SSSR count). The number of hydrogen-bond donors (Lipinski definition) is 10. The molecule has 3 saturated heterocycles. The predicted molar refractivity (Wildman–Crippen MR) is 198 cm³/mol. The molecular formula is C41H64O18. The normalized spacial score (nSPS) is 55.1. The van der Waals surface area contributed by atoms with Crippen molar-refractivity contribution < 1.29 is 89.0 Å². The molecule has 4 heterocycles. The van der Waals surface area contributed by atoms with Crippen LogP contribution in [0.5, 0.6) is 0 Å². The van der Waals surface area contributed by atoms with E-state index in [0.29, 0.717) is 31.3 Å². The molecule has 0 aromatic carbocycles. The maximum absolute atomic E-state index is 12.6. The summed E-state index contributed by atoms with van der Waals surface area (Å²) in [5, 5.41) is 107. The van der Waals surface area contributed by atoms with Gasteiger partial charge in [-0.05, 0) is 99.4 Å². The number of ether oxygens (including phenoxy) is 7. The average molecular weight is 845 g/mol. The van der Waals surface area contributed by atoms with Crippen LogP contribution in [0, 0.1) is 34.5 Å². The van der Waals surface area contributed by atoms with Gasteiger partial charge in [-0.1, -0.05) is 13.8 Å². The summed E-state index contributed by atoms with van der Waals surface area (Å²) in [6.07, 6.45) is -13.8. The van der Waals surface area contributed by atoms with Gasteiger partial charge in [0.2, 0.25) is 0 Å². The number of cyclic esters (lactones) is 1. The lowest BCUT2D eigenvalue weighted by molar-refractivity contribution is -0.365. The van der Waals surface area contributed by atoms with Crippen molar-refractivity contribution in [2.45, 2.75) is 182 Å². The minimum Gasteiger partial charge on any atom is -0.458 e. The minimum atomic E-state index is -1.81. The third-order valence-electron chi connectivity index (χ3n) is 16.3. The van der Waals surface area contributed by atoms with E-state index in [-0.39, 0.29) is 34.7 Å². The molecule has 0 amide bonds. The first-order chi connectivity index (χ1) is 27.9. The van der Waals surface area contributed by atoms with Gasteiger partial charge in [-0.2, -0.15) is 0 Å². The molecular weight excluding hydrogens is 780 g/mol. The molecule has 0 bridgehead atoms. The summed E-state index contributed by atoms with van der Waals surface area (Å²) < 4.78 is 40.2. The van der Waals surface area contributed by atoms with Gasteiger partial charge in [0.1, 0.15) is 73.8 Å². The lowest BCUT2D eigenvalue weighted by Crippen LogP contribution is -2.64. The molecule has 7 fully saturated rings. The number of carbonyl (C=O) groups is 1. The number of fused-ring (bicyclic) bond motifs is 5. The van der Waals surface area contributed by atoms with E-state index in [2.05, 4.69) is 13.8 Å². The molecule has 4 aliphatic heterocycles. The zero-order chi connectivity index (χ0) is 42.3. The molecule has 0 unspecified atom stereocenters. The summed E-state index contributed by atoms with van der Waals surface area (Å²) in [6.45, 7) is 5.23. The SMILES string of the molecule is C[C@@H]1O[C@@H](O[C@H]2CC[C@@]3(C)[C@H](CC[C@@H]4[C@@H]3CC[C@]3(C)[C@@H](C5=CC(=O)OC5)CC[C@]43O)C2)[C@H](O)[C@H](O)[C@H]1O[C@@H]1O[C@H](CO[C@@H]2O[C@H](CO)[C@@H](O)[C@H](O)[C@H]2O)[C@@H](O)[C@H](O)[C@H]1O. The fourth-order valence-corrected chi connectivity index (χ4v) is 12.7. The summed E-state index contributed by atoms with van der Waals surface area (Å²) in [4.78, 5) is 11.9. The lowest BCUT2D eigenvalue weighted by atomic mass is 9.43. The Hall–Kier alpha value is -1.43. The molecule has 18 heteroatoms. The Labute approximate surface area is 342 Å². The maximum Gasteiger partial charge on any atom is 0.331 e. The molecule has 10 N–H and O–H groups in total. The van der Waals surface area contributed by atoms with Crippen LogP contribution in [0.3, 0.4) is 0 Å². The smallest absolute Gasteiger partial charge is 0.331 e. The first-order valence-corrected chi connectivity index (χ1v) is 21.5. The van der Waals surface area contributed by atoms with E-state index in [1.54, 1.807) is 13.0 Å². The number of hydrogen-bond acceptors (Lipinski definition) is 18. The standard InChI is InChI=1S/C41H64O18/c1-17-35(59-38-33(50)30(47)28(45)25(58-38)16-54-36-32(49)29(46)27(44)24(14-42)57-36)31(48)34(51)37(55-17)56-20-6-9-39(2)19(13-20)4-5-23-22(39)7-10-40(3)21(8-11-41(23,40)52)18-12-26(43)53-15-18/h12,17,19-25,27-38,42,44-52H,4-11,13-16H2,1-3H3/t17-,19+,20-,21+,22-,23+,24+,25+,27+,28+,29-,30-,31-,32+,33+,34+,35-,36+,37-,38-,39-,40+,41-/m0/s1. The van der Waals surface area contributed by atoms with Crippen LogP contribution in [0.2, 0.25) is 0 Å². The van der Waals surface area contributed by atoms with Crippen molar-refractivity contribution in [1.29, 1.82) is 0 Å². The molecule has 0 aromatic heterocycles. The second-order valence-electron chi connectivity index (χ2n) is 19.2. The van der Waals surface area contributed by atoms with Crippen LogP contribution >= 0.6 is 0 Å². The quantitative estimate of drug-likeness (QED) is 0.0897. The molecule has 8 aliphatic rings. The van der Waals surface area contributed by atoms with Crippen molar-refractivity contribution in [3.05, 3.63) is 11.6 Å². The highest BCUT2D eigenvalue weighted by molar-refractivity contribution is 5.85. The highest BCUT2D eigenvalue weighted by atomic mass is 16.8. The summed E-state index contributed by atoms with van der Waals surface area (Å²) >= 11 is 0. The summed E-state index contributed by atoms with van der Waals surface area (Å²) in [7, 11) is 0. The van der Waals surface area contributed by atoms with Crippen LogP contribution in [0.15, 0.2) is 11.6 Å². The van der Waals surface area contributed by atoms with Gasteiger partial charge in [-0.3, -0.25) is 0 Å². The van der Waals surface area contributed by atoms with E-state index in [1.807, 2.05) is 0 Å². The Kier molecular flexibility index (Phi) is 12.4. The molecule has 18 nitrogen and oxygen atoms in total. The van der Waals surface area contributed by atoms with Gasteiger partial charge in [0.15, 0.2) is 18.9 Å². The topological polar surface area (TPSA) is 284 Å². The number of carbonyl (C=O) groups excluding carboxylic acids is 1. The van der Waals surface area contributed by atoms with E-state index in [0.717, 1.165) is 50.5 Å². The van der Waals surface area contributed by atoms with E-state index in [4.69, 9.17) is 33.2 Å². The highest BCUT2D eigenvalue weighted by Crippen LogP contribution is 2.70. The number of aliphatic hydroxyl groups is 10. The predicted octanol–water partition coefficient (Wildman–Crippen LogP) is -1.90. The number of esters is 1.